The first-order valence-electron chi connectivity index (χ1n) is 6.99. The molecule has 2 aromatic rings. The zero-order chi connectivity index (χ0) is 15.5. The number of ether oxygens (including phenoxy) is 1. The SMILES string of the molecule is Cc1ccc(OC(C(=O)[C]2[CH][CH][CH][CH]2)n2cncn2)cc1C. The Balaban J connectivity index is 1.85. The molecule has 1 aliphatic rings. The van der Waals surface area contributed by atoms with Gasteiger partial charge in [-0.25, -0.2) is 9.67 Å². The number of hydrogen-bond acceptors (Lipinski definition) is 4. The molecule has 1 fully saturated rings. The van der Waals surface area contributed by atoms with Crippen molar-refractivity contribution in [2.45, 2.75) is 20.1 Å². The first kappa shape index (κ1) is 14.8. The summed E-state index contributed by atoms with van der Waals surface area (Å²) in [6, 6.07) is 5.73. The lowest BCUT2D eigenvalue weighted by molar-refractivity contribution is -0.127. The highest BCUT2D eigenvalue weighted by molar-refractivity contribution is 5.99. The standard InChI is InChI=1S/C17H16N3O2/c1-12-7-8-15(9-13(12)2)22-17(20-11-18-10-19-20)16(21)14-5-3-4-6-14/h3-11,17H,1-2H3. The number of aromatic nitrogens is 3. The van der Waals surface area contributed by atoms with Gasteiger partial charge in [-0.3, -0.25) is 4.79 Å². The Morgan fingerprint density at radius 3 is 2.59 bits per heavy atom. The van der Waals surface area contributed by atoms with Crippen LogP contribution in [0, 0.1) is 45.4 Å². The minimum absolute atomic E-state index is 0.159. The molecule has 0 saturated heterocycles. The van der Waals surface area contributed by atoms with Crippen LogP contribution in [0.5, 0.6) is 5.75 Å². The lowest BCUT2D eigenvalue weighted by atomic mass is 10.0. The molecular formula is C17H16N3O2. The van der Waals surface area contributed by atoms with Crippen molar-refractivity contribution in [3.05, 3.63) is 73.6 Å². The topological polar surface area (TPSA) is 57.0 Å². The second-order valence-electron chi connectivity index (χ2n) is 5.13. The molecule has 0 bridgehead atoms. The Bertz CT molecular complexity index is 646. The molecule has 0 aliphatic heterocycles. The number of aryl methyl sites for hydroxylation is 2. The molecule has 5 heteroatoms. The van der Waals surface area contributed by atoms with Crippen molar-refractivity contribution in [2.24, 2.45) is 0 Å². The first-order valence-corrected chi connectivity index (χ1v) is 6.99. The van der Waals surface area contributed by atoms with Gasteiger partial charge in [0.25, 0.3) is 6.23 Å². The van der Waals surface area contributed by atoms with E-state index in [1.807, 2.05) is 44.9 Å². The molecule has 1 aliphatic carbocycles. The molecule has 0 N–H and O–H groups in total. The van der Waals surface area contributed by atoms with Crippen LogP contribution >= 0.6 is 0 Å². The molecule has 22 heavy (non-hydrogen) atoms. The van der Waals surface area contributed by atoms with Crippen molar-refractivity contribution in [1.29, 1.82) is 0 Å². The van der Waals surface area contributed by atoms with Crippen LogP contribution in [0.4, 0.5) is 0 Å². The molecule has 0 amide bonds. The molecule has 3 rings (SSSR count). The van der Waals surface area contributed by atoms with Crippen LogP contribution in [0.2, 0.25) is 0 Å². The second kappa shape index (κ2) is 6.30. The minimum Gasteiger partial charge on any atom is -0.461 e. The Labute approximate surface area is 130 Å². The van der Waals surface area contributed by atoms with Crippen molar-refractivity contribution >= 4 is 5.78 Å². The molecule has 1 aromatic heterocycles. The van der Waals surface area contributed by atoms with Gasteiger partial charge in [0.2, 0.25) is 5.78 Å². The summed E-state index contributed by atoms with van der Waals surface area (Å²) < 4.78 is 7.31. The predicted molar refractivity (Wildman–Crippen MR) is 81.1 cm³/mol. The Hall–Kier alpha value is -2.17. The summed E-state index contributed by atoms with van der Waals surface area (Å²) in [5, 5.41) is 4.04. The lowest BCUT2D eigenvalue weighted by Gasteiger charge is -2.20. The average molecular weight is 294 g/mol. The van der Waals surface area contributed by atoms with E-state index in [0.717, 1.165) is 5.56 Å². The third kappa shape index (κ3) is 3.03. The highest BCUT2D eigenvalue weighted by atomic mass is 16.5. The maximum Gasteiger partial charge on any atom is 0.252 e. The number of nitrogens with zero attached hydrogens (tertiary/aromatic N) is 3. The Kier molecular flexibility index (Phi) is 4.22. The first-order chi connectivity index (χ1) is 10.6. The van der Waals surface area contributed by atoms with Gasteiger partial charge >= 0.3 is 0 Å². The van der Waals surface area contributed by atoms with Gasteiger partial charge < -0.3 is 4.74 Å². The fourth-order valence-corrected chi connectivity index (χ4v) is 2.16. The lowest BCUT2D eigenvalue weighted by Crippen LogP contribution is -2.29. The number of carbonyl (C=O) groups is 1. The molecule has 1 unspecified atom stereocenters. The summed E-state index contributed by atoms with van der Waals surface area (Å²) in [4.78, 5) is 16.5. The summed E-state index contributed by atoms with van der Waals surface area (Å²) >= 11 is 0. The van der Waals surface area contributed by atoms with E-state index in [1.54, 1.807) is 12.8 Å². The molecule has 1 saturated carbocycles. The van der Waals surface area contributed by atoms with Gasteiger partial charge in [0.1, 0.15) is 18.4 Å². The van der Waals surface area contributed by atoms with E-state index in [1.165, 1.54) is 22.9 Å². The zero-order valence-electron chi connectivity index (χ0n) is 12.4. The highest BCUT2D eigenvalue weighted by Gasteiger charge is 2.33. The zero-order valence-corrected chi connectivity index (χ0v) is 12.4. The van der Waals surface area contributed by atoms with Gasteiger partial charge in [-0.1, -0.05) is 6.07 Å². The molecule has 1 heterocycles. The summed E-state index contributed by atoms with van der Waals surface area (Å²) in [5.74, 6) is 1.06. The van der Waals surface area contributed by atoms with E-state index in [4.69, 9.17) is 4.74 Å². The largest absolute Gasteiger partial charge is 0.461 e. The normalized spacial score (nSPS) is 16.6. The number of benzene rings is 1. The van der Waals surface area contributed by atoms with Crippen LogP contribution in [0.15, 0.2) is 30.9 Å². The van der Waals surface area contributed by atoms with Crippen molar-refractivity contribution < 1.29 is 9.53 Å². The van der Waals surface area contributed by atoms with Crippen molar-refractivity contribution in [3.63, 3.8) is 0 Å². The van der Waals surface area contributed by atoms with E-state index in [9.17, 15) is 4.79 Å². The van der Waals surface area contributed by atoms with Crippen LogP contribution in [0.1, 0.15) is 17.4 Å². The second-order valence-corrected chi connectivity index (χ2v) is 5.13. The highest BCUT2D eigenvalue weighted by Crippen LogP contribution is 2.30. The van der Waals surface area contributed by atoms with Gasteiger partial charge in [-0.05, 0) is 62.8 Å². The van der Waals surface area contributed by atoms with Crippen LogP contribution in [-0.2, 0) is 4.79 Å². The Morgan fingerprint density at radius 2 is 1.95 bits per heavy atom. The molecule has 111 valence electrons. The third-order valence-corrected chi connectivity index (χ3v) is 3.57. The van der Waals surface area contributed by atoms with Crippen LogP contribution < -0.4 is 4.74 Å². The van der Waals surface area contributed by atoms with Gasteiger partial charge in [0.15, 0.2) is 0 Å². The number of rotatable bonds is 5. The van der Waals surface area contributed by atoms with Crippen molar-refractivity contribution in [1.82, 2.24) is 14.8 Å². The minimum atomic E-state index is -0.869. The smallest absolute Gasteiger partial charge is 0.252 e. The monoisotopic (exact) mass is 294 g/mol. The van der Waals surface area contributed by atoms with Gasteiger partial charge in [-0.2, -0.15) is 5.10 Å². The summed E-state index contributed by atoms with van der Waals surface area (Å²) in [5.41, 5.74) is 2.28. The molecule has 5 nitrogen and oxygen atoms in total. The molecule has 0 spiro atoms. The molecule has 5 radical (unpaired) electrons. The third-order valence-electron chi connectivity index (χ3n) is 3.57. The van der Waals surface area contributed by atoms with Crippen molar-refractivity contribution in [2.75, 3.05) is 0 Å². The summed E-state index contributed by atoms with van der Waals surface area (Å²) in [7, 11) is 0. The average Bonchev–Trinajstić information content (AvgIpc) is 3.20. The predicted octanol–water partition coefficient (Wildman–Crippen LogP) is 2.45. The number of hydrogen-bond donors (Lipinski definition) is 0. The van der Waals surface area contributed by atoms with Crippen LogP contribution in [-0.4, -0.2) is 20.5 Å². The van der Waals surface area contributed by atoms with E-state index in [0.29, 0.717) is 11.7 Å². The van der Waals surface area contributed by atoms with E-state index in [2.05, 4.69) is 10.1 Å². The molecule has 1 aromatic carbocycles. The fraction of sp³-hybridized carbons (Fsp3) is 0.176. The maximum atomic E-state index is 12.6. The fourth-order valence-electron chi connectivity index (χ4n) is 2.16. The Morgan fingerprint density at radius 1 is 1.18 bits per heavy atom. The van der Waals surface area contributed by atoms with E-state index in [-0.39, 0.29) is 5.78 Å². The summed E-state index contributed by atoms with van der Waals surface area (Å²) in [6.45, 7) is 4.04. The van der Waals surface area contributed by atoms with Crippen molar-refractivity contribution in [3.8, 4) is 5.75 Å². The molecule has 1 atom stereocenters. The van der Waals surface area contributed by atoms with Crippen LogP contribution in [0.25, 0.3) is 0 Å². The van der Waals surface area contributed by atoms with Gasteiger partial charge in [0, 0.05) is 0 Å². The number of ketones is 1. The van der Waals surface area contributed by atoms with Gasteiger partial charge in [0.05, 0.1) is 5.92 Å². The quantitative estimate of drug-likeness (QED) is 0.850. The van der Waals surface area contributed by atoms with E-state index >= 15 is 0 Å². The van der Waals surface area contributed by atoms with Crippen LogP contribution in [0.3, 0.4) is 0 Å². The summed E-state index contributed by atoms with van der Waals surface area (Å²) in [6.07, 6.45) is 9.16. The van der Waals surface area contributed by atoms with E-state index < -0.39 is 6.23 Å². The number of Topliss-reactive ketones (excluding diaryl/α,β-unsaturated/α-hetero) is 1. The maximum absolute atomic E-state index is 12.6. The number of carbonyl (C=O) groups excluding carboxylic acids is 1. The molecular weight excluding hydrogens is 278 g/mol. The van der Waals surface area contributed by atoms with Gasteiger partial charge in [-0.15, -0.1) is 0 Å².